The van der Waals surface area contributed by atoms with E-state index in [1.165, 1.54) is 6.26 Å². The quantitative estimate of drug-likeness (QED) is 0.875. The van der Waals surface area contributed by atoms with Gasteiger partial charge in [0, 0.05) is 20.1 Å². The molecule has 0 spiro atoms. The van der Waals surface area contributed by atoms with Crippen LogP contribution < -0.4 is 5.73 Å². The number of hydrogen-bond acceptors (Lipinski definition) is 4. The summed E-state index contributed by atoms with van der Waals surface area (Å²) >= 11 is 0. The van der Waals surface area contributed by atoms with E-state index in [-0.39, 0.29) is 35.4 Å². The maximum absolute atomic E-state index is 12.8. The lowest BCUT2D eigenvalue weighted by Crippen LogP contribution is -2.53. The van der Waals surface area contributed by atoms with Crippen LogP contribution in [-0.2, 0) is 4.79 Å². The molecule has 1 aliphatic heterocycles. The predicted octanol–water partition coefficient (Wildman–Crippen LogP) is 2.14. The number of carbonyl (C=O) groups is 2. The first-order valence-electron chi connectivity index (χ1n) is 8.15. The van der Waals surface area contributed by atoms with Gasteiger partial charge in [-0.3, -0.25) is 9.59 Å². The minimum Gasteiger partial charge on any atom is -0.459 e. The molecule has 1 fully saturated rings. The maximum Gasteiger partial charge on any atom is 0.290 e. The monoisotopic (exact) mass is 357 g/mol. The molecule has 1 aliphatic rings. The Hall–Kier alpha value is -1.53. The van der Waals surface area contributed by atoms with Gasteiger partial charge in [0.1, 0.15) is 6.04 Å². The Bertz CT molecular complexity index is 545. The van der Waals surface area contributed by atoms with Gasteiger partial charge in [-0.05, 0) is 43.4 Å². The van der Waals surface area contributed by atoms with Gasteiger partial charge in [-0.15, -0.1) is 12.4 Å². The number of rotatable bonds is 5. The molecule has 1 aromatic heterocycles. The van der Waals surface area contributed by atoms with Crippen LogP contribution in [0.2, 0.25) is 0 Å². The summed E-state index contributed by atoms with van der Waals surface area (Å²) in [6.45, 7) is 5.73. The molecule has 0 saturated carbocycles. The Morgan fingerprint density at radius 2 is 2.12 bits per heavy atom. The average Bonchev–Trinajstić information content (AvgIpc) is 3.07. The average molecular weight is 358 g/mol. The van der Waals surface area contributed by atoms with E-state index in [0.29, 0.717) is 26.1 Å². The van der Waals surface area contributed by atoms with Crippen molar-refractivity contribution in [3.05, 3.63) is 24.2 Å². The number of halogens is 1. The van der Waals surface area contributed by atoms with Crippen LogP contribution in [0.25, 0.3) is 0 Å². The van der Waals surface area contributed by atoms with Gasteiger partial charge in [-0.1, -0.05) is 13.8 Å². The van der Waals surface area contributed by atoms with Crippen molar-refractivity contribution in [1.82, 2.24) is 9.80 Å². The van der Waals surface area contributed by atoms with Crippen LogP contribution in [-0.4, -0.2) is 54.3 Å². The highest BCUT2D eigenvalue weighted by Crippen LogP contribution is 2.23. The topological polar surface area (TPSA) is 79.8 Å². The van der Waals surface area contributed by atoms with E-state index in [9.17, 15) is 9.59 Å². The molecule has 6 nitrogen and oxygen atoms in total. The molecule has 2 amide bonds. The van der Waals surface area contributed by atoms with Gasteiger partial charge in [0.25, 0.3) is 5.91 Å². The number of nitrogens with two attached hydrogens (primary N) is 1. The fraction of sp³-hybridized carbons (Fsp3) is 0.647. The zero-order valence-corrected chi connectivity index (χ0v) is 15.5. The van der Waals surface area contributed by atoms with Crippen molar-refractivity contribution < 1.29 is 14.0 Å². The molecule has 2 N–H and O–H groups in total. The number of nitrogens with zero attached hydrogens (tertiary/aromatic N) is 2. The largest absolute Gasteiger partial charge is 0.459 e. The van der Waals surface area contributed by atoms with Crippen LogP contribution >= 0.6 is 12.4 Å². The minimum absolute atomic E-state index is 0. The molecule has 7 heteroatoms. The molecule has 1 aromatic rings. The smallest absolute Gasteiger partial charge is 0.290 e. The number of hydrogen-bond donors (Lipinski definition) is 1. The Morgan fingerprint density at radius 3 is 2.71 bits per heavy atom. The van der Waals surface area contributed by atoms with E-state index in [4.69, 9.17) is 10.2 Å². The molecule has 0 radical (unpaired) electrons. The van der Waals surface area contributed by atoms with E-state index < -0.39 is 6.04 Å². The molecular weight excluding hydrogens is 330 g/mol. The third kappa shape index (κ3) is 4.74. The first kappa shape index (κ1) is 20.5. The lowest BCUT2D eigenvalue weighted by Gasteiger charge is -2.38. The van der Waals surface area contributed by atoms with Crippen molar-refractivity contribution in [1.29, 1.82) is 0 Å². The van der Waals surface area contributed by atoms with Crippen molar-refractivity contribution in [2.24, 2.45) is 11.1 Å². The fourth-order valence-corrected chi connectivity index (χ4v) is 3.01. The summed E-state index contributed by atoms with van der Waals surface area (Å²) in [4.78, 5) is 28.8. The minimum atomic E-state index is -0.417. The predicted molar refractivity (Wildman–Crippen MR) is 95.1 cm³/mol. The fourth-order valence-electron chi connectivity index (χ4n) is 3.01. The van der Waals surface area contributed by atoms with E-state index in [1.54, 1.807) is 29.0 Å². The second-order valence-corrected chi connectivity index (χ2v) is 7.05. The zero-order chi connectivity index (χ0) is 17.0. The van der Waals surface area contributed by atoms with Crippen molar-refractivity contribution in [3.63, 3.8) is 0 Å². The van der Waals surface area contributed by atoms with Crippen LogP contribution in [0.3, 0.4) is 0 Å². The summed E-state index contributed by atoms with van der Waals surface area (Å²) in [5.74, 6) is 0.0558. The van der Waals surface area contributed by atoms with Crippen LogP contribution in [0.4, 0.5) is 0 Å². The molecule has 1 saturated heterocycles. The van der Waals surface area contributed by atoms with Crippen LogP contribution in [0.1, 0.15) is 43.7 Å². The van der Waals surface area contributed by atoms with Crippen LogP contribution in [0.5, 0.6) is 0 Å². The summed E-state index contributed by atoms with van der Waals surface area (Å²) in [5, 5.41) is 0. The highest BCUT2D eigenvalue weighted by molar-refractivity contribution is 5.95. The van der Waals surface area contributed by atoms with Crippen molar-refractivity contribution in [2.45, 2.75) is 39.2 Å². The number of amides is 2. The third-order valence-corrected chi connectivity index (χ3v) is 4.37. The van der Waals surface area contributed by atoms with Crippen LogP contribution in [0.15, 0.2) is 22.8 Å². The van der Waals surface area contributed by atoms with Crippen molar-refractivity contribution in [3.8, 4) is 0 Å². The maximum atomic E-state index is 12.8. The Morgan fingerprint density at radius 1 is 1.42 bits per heavy atom. The Labute approximate surface area is 149 Å². The van der Waals surface area contributed by atoms with Gasteiger partial charge >= 0.3 is 0 Å². The van der Waals surface area contributed by atoms with Gasteiger partial charge < -0.3 is 20.0 Å². The lowest BCUT2D eigenvalue weighted by atomic mass is 9.92. The summed E-state index contributed by atoms with van der Waals surface area (Å²) in [5.41, 5.74) is 5.61. The Kier molecular flexibility index (Phi) is 7.29. The van der Waals surface area contributed by atoms with E-state index in [1.807, 2.05) is 13.8 Å². The second-order valence-electron chi connectivity index (χ2n) is 7.05. The first-order chi connectivity index (χ1) is 10.9. The van der Waals surface area contributed by atoms with Gasteiger partial charge in [0.15, 0.2) is 5.76 Å². The van der Waals surface area contributed by atoms with Crippen molar-refractivity contribution in [2.75, 3.05) is 26.7 Å². The summed E-state index contributed by atoms with van der Waals surface area (Å²) in [7, 11) is 1.78. The molecule has 0 aliphatic carbocycles. The van der Waals surface area contributed by atoms with Crippen molar-refractivity contribution >= 4 is 24.2 Å². The summed E-state index contributed by atoms with van der Waals surface area (Å²) in [6.07, 6.45) is 4.03. The summed E-state index contributed by atoms with van der Waals surface area (Å²) < 4.78 is 5.20. The second kappa shape index (κ2) is 8.53. The van der Waals surface area contributed by atoms with Gasteiger partial charge in [-0.2, -0.15) is 0 Å². The lowest BCUT2D eigenvalue weighted by molar-refractivity contribution is -0.137. The number of furan rings is 1. The number of piperidine rings is 1. The van der Waals surface area contributed by atoms with Gasteiger partial charge in [0.05, 0.1) is 6.26 Å². The number of likely N-dealkylation sites (N-methyl/N-ethyl adjacent to an activating group) is 1. The molecular formula is C17H28ClN3O3. The highest BCUT2D eigenvalue weighted by Gasteiger charge is 2.36. The summed E-state index contributed by atoms with van der Waals surface area (Å²) in [6, 6.07) is 2.91. The molecule has 2 rings (SSSR count). The molecule has 1 atom stereocenters. The van der Waals surface area contributed by atoms with Gasteiger partial charge in [0.2, 0.25) is 5.91 Å². The third-order valence-electron chi connectivity index (χ3n) is 4.37. The normalized spacial score (nSPS) is 18.0. The molecule has 2 heterocycles. The number of carbonyl (C=O) groups excluding carboxylic acids is 2. The molecule has 1 unspecified atom stereocenters. The standard InChI is InChI=1S/C17H27N3O3.ClH/c1-17(2,11-18)12-19(3)15(21)13-7-4-5-9-20(13)16(22)14-8-6-10-23-14;/h6,8,10,13H,4-5,7,9,11-12,18H2,1-3H3;1H. The van der Waals surface area contributed by atoms with Gasteiger partial charge in [-0.25, -0.2) is 0 Å². The highest BCUT2D eigenvalue weighted by atomic mass is 35.5. The number of likely N-dealkylation sites (tertiary alicyclic amines) is 1. The first-order valence-corrected chi connectivity index (χ1v) is 8.15. The molecule has 0 bridgehead atoms. The molecule has 136 valence electrons. The molecule has 0 aromatic carbocycles. The van der Waals surface area contributed by atoms with E-state index >= 15 is 0 Å². The van der Waals surface area contributed by atoms with E-state index in [0.717, 1.165) is 12.8 Å². The van der Waals surface area contributed by atoms with E-state index in [2.05, 4.69) is 0 Å². The van der Waals surface area contributed by atoms with Crippen LogP contribution in [0, 0.1) is 5.41 Å². The molecule has 24 heavy (non-hydrogen) atoms. The zero-order valence-electron chi connectivity index (χ0n) is 14.7. The Balaban J connectivity index is 0.00000288. The SMILES string of the molecule is CN(CC(C)(C)CN)C(=O)C1CCCCN1C(=O)c1ccco1.Cl.